The minimum atomic E-state index is 0.0566. The van der Waals surface area contributed by atoms with Gasteiger partial charge in [0.2, 0.25) is 0 Å². The van der Waals surface area contributed by atoms with E-state index in [0.29, 0.717) is 17.4 Å². The molecule has 2 aromatic rings. The fraction of sp³-hybridized carbons (Fsp3) is 0.375. The van der Waals surface area contributed by atoms with E-state index in [2.05, 4.69) is 29.5 Å². The summed E-state index contributed by atoms with van der Waals surface area (Å²) in [4.78, 5) is 0. The molecule has 0 amide bonds. The van der Waals surface area contributed by atoms with Crippen molar-refractivity contribution in [2.24, 2.45) is 10.9 Å². The lowest BCUT2D eigenvalue weighted by atomic mass is 9.85. The van der Waals surface area contributed by atoms with Crippen LogP contribution in [0, 0.1) is 0 Å². The second kappa shape index (κ2) is 9.61. The third-order valence-electron chi connectivity index (χ3n) is 5.47. The number of amidine groups is 1. The Bertz CT molecular complexity index is 912. The number of nitrogens with one attached hydrogen (secondary N) is 1. The molecule has 4 rings (SSSR count). The van der Waals surface area contributed by atoms with E-state index in [-0.39, 0.29) is 5.84 Å². The number of hydrogen-bond acceptors (Lipinski definition) is 4. The zero-order chi connectivity index (χ0) is 20.8. The Kier molecular flexibility index (Phi) is 6.94. The normalized spacial score (nSPS) is 19.4. The third-order valence-corrected chi connectivity index (χ3v) is 5.47. The molecular formula is C24H31N3O2. The Labute approximate surface area is 173 Å². The molecule has 0 aromatic heterocycles. The van der Waals surface area contributed by atoms with Gasteiger partial charge < -0.3 is 21.0 Å². The maximum Gasteiger partial charge on any atom is 0.173 e. The number of ether oxygens (including phenoxy) is 1. The molecule has 0 aliphatic carbocycles. The first-order chi connectivity index (χ1) is 14.2. The number of nitrogens with two attached hydrogens (primary N) is 1. The number of benzene rings is 2. The molecule has 154 valence electrons. The van der Waals surface area contributed by atoms with Crippen molar-refractivity contribution in [3.8, 4) is 11.5 Å². The van der Waals surface area contributed by atoms with Crippen LogP contribution in [0.15, 0.2) is 53.2 Å². The minimum absolute atomic E-state index is 0.0566. The maximum absolute atomic E-state index is 9.18. The SMILES string of the molecule is CC.CC/C(C[C@H]1CCCN1)=C1/c2ccccc2Oc2c(/C(N)=N/O)cccc21. The van der Waals surface area contributed by atoms with E-state index in [1.54, 1.807) is 0 Å². The van der Waals surface area contributed by atoms with Gasteiger partial charge in [-0.05, 0) is 49.9 Å². The smallest absolute Gasteiger partial charge is 0.173 e. The summed E-state index contributed by atoms with van der Waals surface area (Å²) in [5, 5.41) is 16.0. The summed E-state index contributed by atoms with van der Waals surface area (Å²) < 4.78 is 6.20. The first-order valence-electron chi connectivity index (χ1n) is 10.6. The summed E-state index contributed by atoms with van der Waals surface area (Å²) in [5.74, 6) is 1.52. The predicted octanol–water partition coefficient (Wildman–Crippen LogP) is 5.27. The first kappa shape index (κ1) is 20.9. The zero-order valence-corrected chi connectivity index (χ0v) is 17.5. The first-order valence-corrected chi connectivity index (χ1v) is 10.6. The van der Waals surface area contributed by atoms with Crippen LogP contribution in [0.1, 0.15) is 63.1 Å². The fourth-order valence-electron chi connectivity index (χ4n) is 4.15. The topological polar surface area (TPSA) is 79.9 Å². The van der Waals surface area contributed by atoms with E-state index in [0.717, 1.165) is 36.3 Å². The van der Waals surface area contributed by atoms with Crippen LogP contribution in [-0.2, 0) is 0 Å². The Morgan fingerprint density at radius 1 is 1.17 bits per heavy atom. The van der Waals surface area contributed by atoms with Crippen molar-refractivity contribution >= 4 is 11.4 Å². The highest BCUT2D eigenvalue weighted by Crippen LogP contribution is 2.47. The van der Waals surface area contributed by atoms with Crippen LogP contribution in [0.5, 0.6) is 11.5 Å². The van der Waals surface area contributed by atoms with Gasteiger partial charge in [-0.15, -0.1) is 0 Å². The van der Waals surface area contributed by atoms with Crippen molar-refractivity contribution < 1.29 is 9.94 Å². The molecule has 5 nitrogen and oxygen atoms in total. The van der Waals surface area contributed by atoms with Gasteiger partial charge in [0.25, 0.3) is 0 Å². The van der Waals surface area contributed by atoms with E-state index in [4.69, 9.17) is 10.5 Å². The Balaban J connectivity index is 0.00000117. The second-order valence-electron chi connectivity index (χ2n) is 7.10. The molecular weight excluding hydrogens is 362 g/mol. The lowest BCUT2D eigenvalue weighted by Crippen LogP contribution is -2.22. The van der Waals surface area contributed by atoms with Crippen LogP contribution >= 0.6 is 0 Å². The molecule has 0 spiro atoms. The molecule has 0 unspecified atom stereocenters. The summed E-state index contributed by atoms with van der Waals surface area (Å²) >= 11 is 0. The van der Waals surface area contributed by atoms with Crippen molar-refractivity contribution in [1.82, 2.24) is 5.32 Å². The number of fused-ring (bicyclic) bond motifs is 2. The number of nitrogens with zero attached hydrogens (tertiary/aromatic N) is 1. The molecule has 29 heavy (non-hydrogen) atoms. The molecule has 5 heteroatoms. The summed E-state index contributed by atoms with van der Waals surface area (Å²) in [7, 11) is 0. The van der Waals surface area contributed by atoms with Gasteiger partial charge in [0, 0.05) is 17.2 Å². The van der Waals surface area contributed by atoms with Crippen LogP contribution in [0.3, 0.4) is 0 Å². The number of rotatable bonds is 4. The lowest BCUT2D eigenvalue weighted by molar-refractivity contribution is 0.318. The predicted molar refractivity (Wildman–Crippen MR) is 119 cm³/mol. The molecule has 1 fully saturated rings. The molecule has 1 saturated heterocycles. The number of para-hydroxylation sites is 2. The Morgan fingerprint density at radius 3 is 2.62 bits per heavy atom. The van der Waals surface area contributed by atoms with Crippen LogP contribution < -0.4 is 15.8 Å². The van der Waals surface area contributed by atoms with Crippen LogP contribution in [0.25, 0.3) is 5.57 Å². The fourth-order valence-corrected chi connectivity index (χ4v) is 4.15. The van der Waals surface area contributed by atoms with E-state index < -0.39 is 0 Å². The molecule has 2 aliphatic heterocycles. The van der Waals surface area contributed by atoms with Gasteiger partial charge in [-0.1, -0.05) is 61.8 Å². The van der Waals surface area contributed by atoms with Crippen LogP contribution in [0.2, 0.25) is 0 Å². The van der Waals surface area contributed by atoms with Gasteiger partial charge in [-0.3, -0.25) is 0 Å². The second-order valence-corrected chi connectivity index (χ2v) is 7.10. The molecule has 4 N–H and O–H groups in total. The summed E-state index contributed by atoms with van der Waals surface area (Å²) in [6.45, 7) is 7.31. The van der Waals surface area contributed by atoms with E-state index in [1.165, 1.54) is 24.0 Å². The monoisotopic (exact) mass is 393 g/mol. The molecule has 2 aliphatic rings. The van der Waals surface area contributed by atoms with Gasteiger partial charge >= 0.3 is 0 Å². The standard InChI is InChI=1S/C22H25N3O2.C2H6/c1-2-14(13-15-7-6-12-24-15)20-16-8-3-4-11-19(16)27-21-17(20)9-5-10-18(21)22(23)25-26;1-2/h3-5,8-11,15,24,26H,2,6-7,12-13H2,1H3,(H2,23,25);1-2H3/b20-14+;/t15-;/m1./s1. The Hall–Kier alpha value is -2.79. The Morgan fingerprint density at radius 2 is 1.93 bits per heavy atom. The van der Waals surface area contributed by atoms with Gasteiger partial charge in [0.05, 0.1) is 5.56 Å². The van der Waals surface area contributed by atoms with Crippen molar-refractivity contribution in [1.29, 1.82) is 0 Å². The minimum Gasteiger partial charge on any atom is -0.455 e. The van der Waals surface area contributed by atoms with Crippen molar-refractivity contribution in [3.05, 3.63) is 64.7 Å². The number of hydrogen-bond donors (Lipinski definition) is 3. The van der Waals surface area contributed by atoms with Crippen LogP contribution in [-0.4, -0.2) is 23.6 Å². The molecule has 2 aromatic carbocycles. The highest BCUT2D eigenvalue weighted by Gasteiger charge is 2.28. The average Bonchev–Trinajstić information content (AvgIpc) is 3.29. The van der Waals surface area contributed by atoms with Crippen LogP contribution in [0.4, 0.5) is 0 Å². The van der Waals surface area contributed by atoms with E-state index in [9.17, 15) is 5.21 Å². The quantitative estimate of drug-likeness (QED) is 0.244. The third kappa shape index (κ3) is 4.15. The van der Waals surface area contributed by atoms with Crippen molar-refractivity contribution in [2.45, 2.75) is 52.5 Å². The number of oxime groups is 1. The van der Waals surface area contributed by atoms with E-state index >= 15 is 0 Å². The molecule has 0 saturated carbocycles. The van der Waals surface area contributed by atoms with Gasteiger partial charge in [0.1, 0.15) is 11.5 Å². The van der Waals surface area contributed by atoms with E-state index in [1.807, 2.05) is 44.2 Å². The zero-order valence-electron chi connectivity index (χ0n) is 17.5. The summed E-state index contributed by atoms with van der Waals surface area (Å²) in [6.07, 6.45) is 4.44. The highest BCUT2D eigenvalue weighted by atomic mass is 16.5. The lowest BCUT2D eigenvalue weighted by Gasteiger charge is -2.27. The average molecular weight is 394 g/mol. The highest BCUT2D eigenvalue weighted by molar-refractivity contribution is 6.03. The molecule has 0 bridgehead atoms. The largest absolute Gasteiger partial charge is 0.455 e. The van der Waals surface area contributed by atoms with Gasteiger partial charge in [-0.25, -0.2) is 0 Å². The molecule has 0 radical (unpaired) electrons. The van der Waals surface area contributed by atoms with Gasteiger partial charge in [-0.2, -0.15) is 0 Å². The van der Waals surface area contributed by atoms with Gasteiger partial charge in [0.15, 0.2) is 5.84 Å². The summed E-state index contributed by atoms with van der Waals surface area (Å²) in [5.41, 5.74) is 11.3. The summed E-state index contributed by atoms with van der Waals surface area (Å²) in [6, 6.07) is 14.4. The molecule has 2 heterocycles. The van der Waals surface area contributed by atoms with Crippen molar-refractivity contribution in [2.75, 3.05) is 6.54 Å². The van der Waals surface area contributed by atoms with Crippen molar-refractivity contribution in [3.63, 3.8) is 0 Å². The molecule has 1 atom stereocenters. The maximum atomic E-state index is 9.18.